The third kappa shape index (κ3) is 2.79. The molecule has 0 aliphatic heterocycles. The van der Waals surface area contributed by atoms with Gasteiger partial charge in [0.2, 0.25) is 0 Å². The Bertz CT molecular complexity index is 336. The van der Waals surface area contributed by atoms with E-state index in [9.17, 15) is 4.79 Å². The highest BCUT2D eigenvalue weighted by molar-refractivity contribution is 7.13. The van der Waals surface area contributed by atoms with Crippen LogP contribution in [0.3, 0.4) is 0 Å². The minimum Gasteiger partial charge on any atom is -0.394 e. The number of thiazole rings is 1. The fourth-order valence-corrected chi connectivity index (χ4v) is 1.26. The number of hydrogen-bond acceptors (Lipinski definition) is 7. The van der Waals surface area contributed by atoms with Crippen LogP contribution < -0.4 is 11.5 Å². The summed E-state index contributed by atoms with van der Waals surface area (Å²) in [7, 11) is 0. The zero-order valence-electron chi connectivity index (χ0n) is 7.34. The minimum absolute atomic E-state index is 0.117. The number of carbonyl (C=O) groups excluding carboxylic acids is 1. The predicted molar refractivity (Wildman–Crippen MR) is 54.1 cm³/mol. The first kappa shape index (κ1) is 10.6. The maximum atomic E-state index is 10.6. The van der Waals surface area contributed by atoms with Crippen molar-refractivity contribution in [3.8, 4) is 0 Å². The molecule has 1 aromatic rings. The molecule has 0 fully saturated rings. The molecule has 0 aliphatic rings. The van der Waals surface area contributed by atoms with Crippen LogP contribution in [0, 0.1) is 0 Å². The first-order valence-corrected chi connectivity index (χ1v) is 4.72. The summed E-state index contributed by atoms with van der Waals surface area (Å²) in [6.07, 6.45) is 0.561. The lowest BCUT2D eigenvalue weighted by Gasteiger charge is -1.96. The number of hydrogen-bond donors (Lipinski definition) is 2. The van der Waals surface area contributed by atoms with E-state index in [1.165, 1.54) is 11.3 Å². The second kappa shape index (κ2) is 5.30. The molecule has 0 atom stereocenters. The molecule has 0 bridgehead atoms. The fraction of sp³-hybridized carbons (Fsp3) is 0.286. The first-order valence-electron chi connectivity index (χ1n) is 3.84. The van der Waals surface area contributed by atoms with Crippen LogP contribution in [-0.2, 0) is 9.63 Å². The molecular formula is C7H10N4O2S. The van der Waals surface area contributed by atoms with E-state index in [-0.39, 0.29) is 12.3 Å². The number of aldehydes is 1. The molecule has 7 heteroatoms. The van der Waals surface area contributed by atoms with Crippen molar-refractivity contribution < 1.29 is 9.63 Å². The molecule has 76 valence electrons. The number of rotatable bonds is 5. The van der Waals surface area contributed by atoms with Crippen LogP contribution >= 0.6 is 11.3 Å². The smallest absolute Gasteiger partial charge is 0.180 e. The van der Waals surface area contributed by atoms with Crippen molar-refractivity contribution in [1.29, 1.82) is 0 Å². The van der Waals surface area contributed by atoms with Crippen LogP contribution in [0.15, 0.2) is 10.5 Å². The lowest BCUT2D eigenvalue weighted by molar-refractivity contribution is -0.102. The van der Waals surface area contributed by atoms with Crippen molar-refractivity contribution >= 4 is 28.5 Å². The van der Waals surface area contributed by atoms with Crippen molar-refractivity contribution in [3.63, 3.8) is 0 Å². The quantitative estimate of drug-likeness (QED) is 0.300. The summed E-state index contributed by atoms with van der Waals surface area (Å²) in [5.41, 5.74) is 11.1. The summed E-state index contributed by atoms with van der Waals surface area (Å²) in [4.78, 5) is 19.2. The van der Waals surface area contributed by atoms with E-state index in [1.54, 1.807) is 5.38 Å². The molecule has 0 aliphatic carbocycles. The number of nitrogens with two attached hydrogens (primary N) is 2. The van der Waals surface area contributed by atoms with Gasteiger partial charge in [0.15, 0.2) is 17.1 Å². The fourth-order valence-electron chi connectivity index (χ4n) is 0.702. The van der Waals surface area contributed by atoms with Crippen molar-refractivity contribution in [3.05, 3.63) is 11.1 Å². The van der Waals surface area contributed by atoms with Crippen molar-refractivity contribution in [2.75, 3.05) is 18.9 Å². The Labute approximate surface area is 84.6 Å². The standard InChI is InChI=1S/C7H10N4O2S/c8-1-2-13-11-5(3-12)6-4-14-7(9)10-6/h3-4H,1-2,8H2,(H2,9,10)/b11-5-. The van der Waals surface area contributed by atoms with Gasteiger partial charge in [0.1, 0.15) is 12.3 Å². The molecule has 0 saturated heterocycles. The Balaban J connectivity index is 2.71. The zero-order valence-corrected chi connectivity index (χ0v) is 8.16. The van der Waals surface area contributed by atoms with E-state index in [2.05, 4.69) is 10.1 Å². The molecule has 1 aromatic heterocycles. The van der Waals surface area contributed by atoms with E-state index >= 15 is 0 Å². The zero-order chi connectivity index (χ0) is 10.4. The Morgan fingerprint density at radius 3 is 3.07 bits per heavy atom. The normalized spacial score (nSPS) is 11.4. The number of nitrogens with zero attached hydrogens (tertiary/aromatic N) is 2. The summed E-state index contributed by atoms with van der Waals surface area (Å²) in [6, 6.07) is 0. The second-order valence-electron chi connectivity index (χ2n) is 2.29. The van der Waals surface area contributed by atoms with Gasteiger partial charge in [0.25, 0.3) is 0 Å². The topological polar surface area (TPSA) is 104 Å². The first-order chi connectivity index (χ1) is 6.77. The highest BCUT2D eigenvalue weighted by Gasteiger charge is 2.06. The van der Waals surface area contributed by atoms with Crippen LogP contribution in [0.5, 0.6) is 0 Å². The van der Waals surface area contributed by atoms with Crippen molar-refractivity contribution in [1.82, 2.24) is 4.98 Å². The molecule has 0 radical (unpaired) electrons. The maximum Gasteiger partial charge on any atom is 0.180 e. The lowest BCUT2D eigenvalue weighted by atomic mass is 10.3. The molecule has 0 saturated carbocycles. The van der Waals surface area contributed by atoms with Gasteiger partial charge in [-0.05, 0) is 0 Å². The van der Waals surface area contributed by atoms with Gasteiger partial charge in [-0.15, -0.1) is 11.3 Å². The summed E-state index contributed by atoms with van der Waals surface area (Å²) in [5.74, 6) is 0. The van der Waals surface area contributed by atoms with E-state index in [0.717, 1.165) is 0 Å². The summed E-state index contributed by atoms with van der Waals surface area (Å²) < 4.78 is 0. The molecular weight excluding hydrogens is 204 g/mol. The SMILES string of the molecule is NCCO/N=C(/C=O)c1csc(N)n1. The molecule has 0 amide bonds. The predicted octanol–water partition coefficient (Wildman–Crippen LogP) is -0.396. The van der Waals surface area contributed by atoms with Crippen LogP contribution in [0.25, 0.3) is 0 Å². The van der Waals surface area contributed by atoms with Gasteiger partial charge in [-0.3, -0.25) is 4.79 Å². The number of oxime groups is 1. The molecule has 0 unspecified atom stereocenters. The Morgan fingerprint density at radius 2 is 2.57 bits per heavy atom. The summed E-state index contributed by atoms with van der Waals surface area (Å²) >= 11 is 1.23. The van der Waals surface area contributed by atoms with Crippen molar-refractivity contribution in [2.45, 2.75) is 0 Å². The lowest BCUT2D eigenvalue weighted by Crippen LogP contribution is -2.09. The molecule has 0 spiro atoms. The van der Waals surface area contributed by atoms with Gasteiger partial charge in [-0.2, -0.15) is 0 Å². The number of carbonyl (C=O) groups is 1. The Kier molecular flexibility index (Phi) is 4.02. The molecule has 6 nitrogen and oxygen atoms in total. The number of nitrogen functional groups attached to an aromatic ring is 1. The highest BCUT2D eigenvalue weighted by atomic mass is 32.1. The molecule has 4 N–H and O–H groups in total. The molecule has 14 heavy (non-hydrogen) atoms. The van der Waals surface area contributed by atoms with E-state index < -0.39 is 0 Å². The van der Waals surface area contributed by atoms with Crippen LogP contribution in [0.1, 0.15) is 5.69 Å². The molecule has 1 rings (SSSR count). The van der Waals surface area contributed by atoms with Gasteiger partial charge >= 0.3 is 0 Å². The van der Waals surface area contributed by atoms with Gasteiger partial charge in [-0.25, -0.2) is 4.98 Å². The Hall–Kier alpha value is -1.47. The maximum absolute atomic E-state index is 10.6. The monoisotopic (exact) mass is 214 g/mol. The van der Waals surface area contributed by atoms with Crippen molar-refractivity contribution in [2.24, 2.45) is 10.9 Å². The van der Waals surface area contributed by atoms with Gasteiger partial charge in [0, 0.05) is 11.9 Å². The average molecular weight is 214 g/mol. The van der Waals surface area contributed by atoms with Gasteiger partial charge < -0.3 is 16.3 Å². The highest BCUT2D eigenvalue weighted by Crippen LogP contribution is 2.11. The molecule has 0 aromatic carbocycles. The largest absolute Gasteiger partial charge is 0.394 e. The number of anilines is 1. The number of aromatic nitrogens is 1. The third-order valence-electron chi connectivity index (χ3n) is 1.27. The molecule has 1 heterocycles. The van der Waals surface area contributed by atoms with E-state index in [0.29, 0.717) is 23.7 Å². The van der Waals surface area contributed by atoms with Crippen LogP contribution in [0.4, 0.5) is 5.13 Å². The second-order valence-corrected chi connectivity index (χ2v) is 3.18. The van der Waals surface area contributed by atoms with Crippen LogP contribution in [-0.4, -0.2) is 30.1 Å². The Morgan fingerprint density at radius 1 is 1.79 bits per heavy atom. The van der Waals surface area contributed by atoms with Crippen LogP contribution in [0.2, 0.25) is 0 Å². The minimum atomic E-state index is 0.117. The van der Waals surface area contributed by atoms with E-state index in [4.69, 9.17) is 16.3 Å². The van der Waals surface area contributed by atoms with E-state index in [1.807, 2.05) is 0 Å². The average Bonchev–Trinajstić information content (AvgIpc) is 2.60. The third-order valence-corrected chi connectivity index (χ3v) is 1.94. The van der Waals surface area contributed by atoms with Gasteiger partial charge in [0.05, 0.1) is 0 Å². The summed E-state index contributed by atoms with van der Waals surface area (Å²) in [6.45, 7) is 0.603. The summed E-state index contributed by atoms with van der Waals surface area (Å²) in [5, 5.41) is 5.59. The van der Waals surface area contributed by atoms with Gasteiger partial charge in [-0.1, -0.05) is 5.16 Å².